The van der Waals surface area contributed by atoms with Crippen LogP contribution in [0.15, 0.2) is 54.9 Å². The van der Waals surface area contributed by atoms with E-state index in [9.17, 15) is 9.59 Å². The molecule has 0 bridgehead atoms. The van der Waals surface area contributed by atoms with Crippen molar-refractivity contribution in [2.75, 3.05) is 11.9 Å². The average molecular weight is 417 g/mol. The van der Waals surface area contributed by atoms with Crippen LogP contribution in [0.3, 0.4) is 0 Å². The number of hydrogen-bond acceptors (Lipinski definition) is 6. The van der Waals surface area contributed by atoms with Crippen LogP contribution in [0.4, 0.5) is 5.82 Å². The third kappa shape index (κ3) is 3.46. The van der Waals surface area contributed by atoms with Gasteiger partial charge in [0.15, 0.2) is 0 Å². The number of anilines is 1. The fourth-order valence-electron chi connectivity index (χ4n) is 3.86. The maximum Gasteiger partial charge on any atom is 0.256 e. The fourth-order valence-corrected chi connectivity index (χ4v) is 4.50. The summed E-state index contributed by atoms with van der Waals surface area (Å²) in [6, 6.07) is 13.0. The molecular formula is C22H19N5O2S. The zero-order valence-electron chi connectivity index (χ0n) is 16.1. The van der Waals surface area contributed by atoms with E-state index in [4.69, 9.17) is 0 Å². The Hall–Kier alpha value is -3.52. The standard InChI is InChI=1S/C22H19N5O2S/c28-20(25-19-7-3-4-9-23-19)11-21(26-10-8-18-16(13-26)12-24-30-18)27-14-15-5-1-2-6-17(15)22(27)29/h1-9,12-13,21H,10-11,14H2,(H,23,25,28). The van der Waals surface area contributed by atoms with Crippen molar-refractivity contribution in [2.45, 2.75) is 19.1 Å². The van der Waals surface area contributed by atoms with Crippen LogP contribution < -0.4 is 15.1 Å². The van der Waals surface area contributed by atoms with Gasteiger partial charge >= 0.3 is 0 Å². The van der Waals surface area contributed by atoms with Gasteiger partial charge in [-0.1, -0.05) is 24.3 Å². The molecule has 0 spiro atoms. The summed E-state index contributed by atoms with van der Waals surface area (Å²) in [5, 5.41) is 3.84. The smallest absolute Gasteiger partial charge is 0.256 e. The molecule has 0 saturated heterocycles. The summed E-state index contributed by atoms with van der Waals surface area (Å²) >= 11 is 1.45. The number of fused-ring (bicyclic) bond motifs is 2. The lowest BCUT2D eigenvalue weighted by Gasteiger charge is -2.37. The van der Waals surface area contributed by atoms with Crippen LogP contribution in [-0.4, -0.2) is 43.7 Å². The quantitative estimate of drug-likeness (QED) is 0.679. The van der Waals surface area contributed by atoms with E-state index in [1.54, 1.807) is 23.2 Å². The van der Waals surface area contributed by atoms with Gasteiger partial charge < -0.3 is 15.1 Å². The lowest BCUT2D eigenvalue weighted by molar-refractivity contribution is -0.118. The van der Waals surface area contributed by atoms with Crippen LogP contribution in [0.1, 0.15) is 22.3 Å². The highest BCUT2D eigenvalue weighted by atomic mass is 32.1. The summed E-state index contributed by atoms with van der Waals surface area (Å²) in [7, 11) is 0. The van der Waals surface area contributed by atoms with Gasteiger partial charge in [0.2, 0.25) is 5.91 Å². The summed E-state index contributed by atoms with van der Waals surface area (Å²) in [5.41, 5.74) is 1.68. The van der Waals surface area contributed by atoms with Crippen LogP contribution in [0.5, 0.6) is 0 Å². The molecule has 0 saturated carbocycles. The van der Waals surface area contributed by atoms with Gasteiger partial charge in [-0.05, 0) is 41.4 Å². The highest BCUT2D eigenvalue weighted by Gasteiger charge is 2.36. The van der Waals surface area contributed by atoms with Crippen LogP contribution >= 0.6 is 11.5 Å². The minimum absolute atomic E-state index is 0.0520. The van der Waals surface area contributed by atoms with Crippen molar-refractivity contribution in [2.24, 2.45) is 0 Å². The number of nitrogens with zero attached hydrogens (tertiary/aromatic N) is 4. The second-order valence-corrected chi connectivity index (χ2v) is 8.05. The number of benzene rings is 1. The summed E-state index contributed by atoms with van der Waals surface area (Å²) in [6.45, 7) is 1.09. The molecule has 2 aromatic heterocycles. The molecule has 30 heavy (non-hydrogen) atoms. The van der Waals surface area contributed by atoms with Gasteiger partial charge in [0, 0.05) is 42.5 Å². The Bertz CT molecular complexity index is 1220. The first-order chi connectivity index (χ1) is 14.7. The Morgan fingerprint density at radius 1 is 1.20 bits per heavy atom. The van der Waals surface area contributed by atoms with Crippen LogP contribution in [0.25, 0.3) is 12.3 Å². The highest BCUT2D eigenvalue weighted by Crippen LogP contribution is 2.27. The number of carbonyl (C=O) groups excluding carboxylic acids is 2. The average Bonchev–Trinajstić information content (AvgIpc) is 3.37. The molecule has 8 heteroatoms. The van der Waals surface area contributed by atoms with Crippen LogP contribution in [0, 0.1) is 0 Å². The molecule has 1 N–H and O–H groups in total. The number of aromatic nitrogens is 2. The topological polar surface area (TPSA) is 78.4 Å². The lowest BCUT2D eigenvalue weighted by Crippen LogP contribution is -2.50. The number of hydrogen-bond donors (Lipinski definition) is 1. The number of carbonyl (C=O) groups is 2. The Labute approximate surface area is 177 Å². The van der Waals surface area contributed by atoms with E-state index in [-0.39, 0.29) is 18.2 Å². The first-order valence-corrected chi connectivity index (χ1v) is 10.4. The maximum absolute atomic E-state index is 13.1. The molecule has 5 rings (SSSR count). The summed E-state index contributed by atoms with van der Waals surface area (Å²) in [5.74, 6) is 0.254. The minimum Gasteiger partial charge on any atom is -0.352 e. The highest BCUT2D eigenvalue weighted by molar-refractivity contribution is 7.03. The zero-order chi connectivity index (χ0) is 20.5. The van der Waals surface area contributed by atoms with Crippen LogP contribution in [-0.2, 0) is 11.3 Å². The Morgan fingerprint density at radius 3 is 2.90 bits per heavy atom. The van der Waals surface area contributed by atoms with Crippen molar-refractivity contribution in [3.05, 3.63) is 75.7 Å². The van der Waals surface area contributed by atoms with Crippen molar-refractivity contribution in [1.29, 1.82) is 0 Å². The van der Waals surface area contributed by atoms with Crippen molar-refractivity contribution >= 4 is 41.4 Å². The predicted molar refractivity (Wildman–Crippen MR) is 115 cm³/mol. The number of amides is 2. The van der Waals surface area contributed by atoms with Gasteiger partial charge in [0.1, 0.15) is 12.0 Å². The van der Waals surface area contributed by atoms with E-state index in [1.165, 1.54) is 11.5 Å². The van der Waals surface area contributed by atoms with E-state index in [0.29, 0.717) is 24.5 Å². The maximum atomic E-state index is 13.1. The molecule has 150 valence electrons. The molecule has 0 radical (unpaired) electrons. The molecule has 1 atom stereocenters. The zero-order valence-corrected chi connectivity index (χ0v) is 16.9. The van der Waals surface area contributed by atoms with E-state index < -0.39 is 6.17 Å². The monoisotopic (exact) mass is 417 g/mol. The van der Waals surface area contributed by atoms with Gasteiger partial charge in [-0.3, -0.25) is 9.59 Å². The number of pyridine rings is 1. The van der Waals surface area contributed by atoms with Gasteiger partial charge in [0.05, 0.1) is 11.0 Å². The lowest BCUT2D eigenvalue weighted by atomic mass is 10.1. The summed E-state index contributed by atoms with van der Waals surface area (Å²) in [6.07, 6.45) is 7.24. The molecule has 2 amide bonds. The molecular weight excluding hydrogens is 398 g/mol. The van der Waals surface area contributed by atoms with Crippen molar-refractivity contribution < 1.29 is 9.59 Å². The molecule has 0 aliphatic carbocycles. The summed E-state index contributed by atoms with van der Waals surface area (Å²) < 4.78 is 5.35. The van der Waals surface area contributed by atoms with Crippen LogP contribution in [0.2, 0.25) is 0 Å². The molecule has 0 fully saturated rings. The fraction of sp³-hybridized carbons (Fsp3) is 0.182. The Morgan fingerprint density at radius 2 is 2.07 bits per heavy atom. The molecule has 4 heterocycles. The SMILES string of the molecule is O=C(CC(N1C=c2cnsc2=CC1)N1Cc2ccccc2C1=O)Nc1ccccn1. The van der Waals surface area contributed by atoms with E-state index >= 15 is 0 Å². The molecule has 1 unspecified atom stereocenters. The van der Waals surface area contributed by atoms with E-state index in [1.807, 2.05) is 47.6 Å². The summed E-state index contributed by atoms with van der Waals surface area (Å²) in [4.78, 5) is 34.0. The molecule has 3 aromatic rings. The minimum atomic E-state index is -0.419. The van der Waals surface area contributed by atoms with E-state index in [0.717, 1.165) is 15.3 Å². The Kier molecular flexibility index (Phi) is 4.76. The molecule has 1 aromatic carbocycles. The van der Waals surface area contributed by atoms with Crippen molar-refractivity contribution in [3.8, 4) is 0 Å². The first-order valence-electron chi connectivity index (χ1n) is 9.67. The third-order valence-electron chi connectivity index (χ3n) is 5.31. The van der Waals surface area contributed by atoms with Gasteiger partial charge in [-0.25, -0.2) is 4.98 Å². The van der Waals surface area contributed by atoms with Gasteiger partial charge in [-0.2, -0.15) is 4.37 Å². The van der Waals surface area contributed by atoms with Gasteiger partial charge in [0.25, 0.3) is 5.91 Å². The van der Waals surface area contributed by atoms with E-state index in [2.05, 4.69) is 20.8 Å². The second kappa shape index (κ2) is 7.72. The normalized spacial score (nSPS) is 15.7. The molecule has 2 aliphatic rings. The molecule has 7 nitrogen and oxygen atoms in total. The van der Waals surface area contributed by atoms with Gasteiger partial charge in [-0.15, -0.1) is 0 Å². The second-order valence-electron chi connectivity index (χ2n) is 7.21. The number of rotatable bonds is 5. The third-order valence-corrected chi connectivity index (χ3v) is 6.12. The number of nitrogens with one attached hydrogen (secondary N) is 1. The van der Waals surface area contributed by atoms with Crippen molar-refractivity contribution in [1.82, 2.24) is 19.2 Å². The Balaban J connectivity index is 1.44. The molecule has 2 aliphatic heterocycles. The first kappa shape index (κ1) is 18.5. The predicted octanol–water partition coefficient (Wildman–Crippen LogP) is 1.38. The van der Waals surface area contributed by atoms with Crippen molar-refractivity contribution in [3.63, 3.8) is 0 Å². The largest absolute Gasteiger partial charge is 0.352 e.